The Morgan fingerprint density at radius 3 is 3.08 bits per heavy atom. The molecule has 1 saturated carbocycles. The fourth-order valence-corrected chi connectivity index (χ4v) is 1.84. The Morgan fingerprint density at radius 1 is 1.67 bits per heavy atom. The summed E-state index contributed by atoms with van der Waals surface area (Å²) in [5.41, 5.74) is 0. The highest BCUT2D eigenvalue weighted by atomic mass is 32.1. The molecule has 1 aliphatic carbocycles. The molecule has 1 fully saturated rings. The van der Waals surface area contributed by atoms with Gasteiger partial charge in [-0.3, -0.25) is 4.79 Å². The highest BCUT2D eigenvalue weighted by molar-refractivity contribution is 7.09. The molecule has 3 heteroatoms. The first-order valence-corrected chi connectivity index (χ1v) is 5.15. The lowest BCUT2D eigenvalue weighted by Crippen LogP contribution is -2.01. The van der Waals surface area contributed by atoms with E-state index in [-0.39, 0.29) is 0 Å². The van der Waals surface area contributed by atoms with E-state index in [1.165, 1.54) is 0 Å². The van der Waals surface area contributed by atoms with Gasteiger partial charge in [0.2, 0.25) is 0 Å². The van der Waals surface area contributed by atoms with Crippen LogP contribution in [-0.4, -0.2) is 10.8 Å². The van der Waals surface area contributed by atoms with E-state index in [0.29, 0.717) is 18.1 Å². The minimum absolute atomic E-state index is 0.407. The van der Waals surface area contributed by atoms with Crippen molar-refractivity contribution in [1.82, 2.24) is 4.98 Å². The number of aromatic nitrogens is 1. The third kappa shape index (κ3) is 1.91. The van der Waals surface area contributed by atoms with Crippen molar-refractivity contribution < 1.29 is 4.79 Å². The fraction of sp³-hybridized carbons (Fsp3) is 0.556. The normalized spacial score (nSPS) is 16.3. The number of thiazole rings is 1. The van der Waals surface area contributed by atoms with Crippen molar-refractivity contribution in [2.24, 2.45) is 5.92 Å². The van der Waals surface area contributed by atoms with E-state index in [2.05, 4.69) is 4.98 Å². The highest BCUT2D eigenvalue weighted by Gasteiger charge is 2.28. The van der Waals surface area contributed by atoms with E-state index in [0.717, 1.165) is 24.3 Å². The maximum Gasteiger partial charge on any atom is 0.136 e. The van der Waals surface area contributed by atoms with E-state index in [1.54, 1.807) is 17.5 Å². The predicted molar refractivity (Wildman–Crippen MR) is 48.2 cm³/mol. The van der Waals surface area contributed by atoms with Crippen molar-refractivity contribution >= 4 is 17.1 Å². The number of nitrogens with zero attached hydrogens (tertiary/aromatic N) is 1. The molecule has 12 heavy (non-hydrogen) atoms. The Hall–Kier alpha value is -0.700. The van der Waals surface area contributed by atoms with Gasteiger partial charge in [-0.15, -0.1) is 11.3 Å². The van der Waals surface area contributed by atoms with Gasteiger partial charge in [0.25, 0.3) is 0 Å². The summed E-state index contributed by atoms with van der Waals surface area (Å²) >= 11 is 1.63. The van der Waals surface area contributed by atoms with Gasteiger partial charge in [0.15, 0.2) is 0 Å². The SMILES string of the molecule is O=C(CCc1nccs1)C1CC1. The van der Waals surface area contributed by atoms with Crippen LogP contribution in [0, 0.1) is 5.92 Å². The molecule has 2 nitrogen and oxygen atoms in total. The molecule has 0 saturated heterocycles. The Balaban J connectivity index is 1.78. The fourth-order valence-electron chi connectivity index (χ4n) is 1.22. The molecule has 0 aromatic carbocycles. The highest BCUT2D eigenvalue weighted by Crippen LogP contribution is 2.31. The van der Waals surface area contributed by atoms with Gasteiger partial charge in [-0.2, -0.15) is 0 Å². The molecule has 0 spiro atoms. The van der Waals surface area contributed by atoms with E-state index in [4.69, 9.17) is 0 Å². The molecule has 0 unspecified atom stereocenters. The lowest BCUT2D eigenvalue weighted by atomic mass is 10.1. The first-order valence-electron chi connectivity index (χ1n) is 4.27. The lowest BCUT2D eigenvalue weighted by Gasteiger charge is -1.94. The number of carbonyl (C=O) groups is 1. The lowest BCUT2D eigenvalue weighted by molar-refractivity contribution is -0.120. The van der Waals surface area contributed by atoms with Crippen LogP contribution in [0.2, 0.25) is 0 Å². The summed E-state index contributed by atoms with van der Waals surface area (Å²) in [6.45, 7) is 0. The standard InChI is InChI=1S/C9H11NOS/c11-8(7-1-2-7)3-4-9-10-5-6-12-9/h5-7H,1-4H2. The topological polar surface area (TPSA) is 30.0 Å². The van der Waals surface area contributed by atoms with Crippen LogP contribution in [0.4, 0.5) is 0 Å². The Morgan fingerprint density at radius 2 is 2.50 bits per heavy atom. The first-order chi connectivity index (χ1) is 5.86. The molecule has 0 aliphatic heterocycles. The third-order valence-corrected chi connectivity index (χ3v) is 2.94. The molecule has 0 N–H and O–H groups in total. The summed E-state index contributed by atoms with van der Waals surface area (Å²) in [6, 6.07) is 0. The van der Waals surface area contributed by atoms with Crippen molar-refractivity contribution in [2.45, 2.75) is 25.7 Å². The van der Waals surface area contributed by atoms with Crippen LogP contribution in [0.25, 0.3) is 0 Å². The van der Waals surface area contributed by atoms with Crippen LogP contribution < -0.4 is 0 Å². The molecule has 1 aliphatic rings. The number of ketones is 1. The van der Waals surface area contributed by atoms with E-state index < -0.39 is 0 Å². The largest absolute Gasteiger partial charge is 0.299 e. The Bertz CT molecular complexity index is 264. The molecule has 0 atom stereocenters. The molecular weight excluding hydrogens is 170 g/mol. The average Bonchev–Trinajstić information content (AvgIpc) is 2.80. The van der Waals surface area contributed by atoms with Crippen LogP contribution in [0.3, 0.4) is 0 Å². The quantitative estimate of drug-likeness (QED) is 0.711. The Labute approximate surface area is 75.6 Å². The van der Waals surface area contributed by atoms with Gasteiger partial charge >= 0.3 is 0 Å². The molecule has 1 aromatic heterocycles. The molecular formula is C9H11NOS. The molecule has 1 aromatic rings. The zero-order valence-corrected chi connectivity index (χ0v) is 7.64. The van der Waals surface area contributed by atoms with Crippen molar-refractivity contribution in [3.8, 4) is 0 Å². The predicted octanol–water partition coefficient (Wildman–Crippen LogP) is 2.05. The molecule has 0 amide bonds. The molecule has 64 valence electrons. The average molecular weight is 181 g/mol. The second-order valence-electron chi connectivity index (χ2n) is 3.17. The van der Waals surface area contributed by atoms with Crippen molar-refractivity contribution in [3.63, 3.8) is 0 Å². The minimum atomic E-state index is 0.407. The van der Waals surface area contributed by atoms with Crippen LogP contribution in [-0.2, 0) is 11.2 Å². The Kier molecular flexibility index (Phi) is 2.21. The first kappa shape index (κ1) is 7.92. The van der Waals surface area contributed by atoms with Gasteiger partial charge in [-0.05, 0) is 12.8 Å². The van der Waals surface area contributed by atoms with Crippen LogP contribution in [0.5, 0.6) is 0 Å². The number of hydrogen-bond acceptors (Lipinski definition) is 3. The maximum atomic E-state index is 11.3. The van der Waals surface area contributed by atoms with Crippen molar-refractivity contribution in [2.75, 3.05) is 0 Å². The third-order valence-electron chi connectivity index (χ3n) is 2.10. The summed E-state index contributed by atoms with van der Waals surface area (Å²) in [5.74, 6) is 0.843. The van der Waals surface area contributed by atoms with Crippen molar-refractivity contribution in [1.29, 1.82) is 0 Å². The maximum absolute atomic E-state index is 11.3. The van der Waals surface area contributed by atoms with Gasteiger partial charge < -0.3 is 0 Å². The smallest absolute Gasteiger partial charge is 0.136 e. The van der Waals surface area contributed by atoms with E-state index >= 15 is 0 Å². The molecule has 2 rings (SSSR count). The van der Waals surface area contributed by atoms with Crippen LogP contribution >= 0.6 is 11.3 Å². The summed E-state index contributed by atoms with van der Waals surface area (Å²) in [4.78, 5) is 15.4. The molecule has 1 heterocycles. The van der Waals surface area contributed by atoms with Crippen LogP contribution in [0.1, 0.15) is 24.3 Å². The van der Waals surface area contributed by atoms with Gasteiger partial charge in [-0.1, -0.05) is 0 Å². The van der Waals surface area contributed by atoms with Crippen LogP contribution in [0.15, 0.2) is 11.6 Å². The second kappa shape index (κ2) is 3.35. The number of aryl methyl sites for hydroxylation is 1. The summed E-state index contributed by atoms with van der Waals surface area (Å²) in [6.07, 6.45) is 5.57. The number of carbonyl (C=O) groups excluding carboxylic acids is 1. The molecule has 0 bridgehead atoms. The van der Waals surface area contributed by atoms with E-state index in [9.17, 15) is 4.79 Å². The summed E-state index contributed by atoms with van der Waals surface area (Å²) in [7, 11) is 0. The van der Waals surface area contributed by atoms with Gasteiger partial charge in [0, 0.05) is 30.3 Å². The van der Waals surface area contributed by atoms with Gasteiger partial charge in [0.1, 0.15) is 5.78 Å². The minimum Gasteiger partial charge on any atom is -0.299 e. The second-order valence-corrected chi connectivity index (χ2v) is 4.15. The van der Waals surface area contributed by atoms with Gasteiger partial charge in [-0.25, -0.2) is 4.98 Å². The zero-order valence-electron chi connectivity index (χ0n) is 6.82. The summed E-state index contributed by atoms with van der Waals surface area (Å²) < 4.78 is 0. The number of rotatable bonds is 4. The van der Waals surface area contributed by atoms with E-state index in [1.807, 2.05) is 5.38 Å². The summed E-state index contributed by atoms with van der Waals surface area (Å²) in [5, 5.41) is 3.04. The van der Waals surface area contributed by atoms with Gasteiger partial charge in [0.05, 0.1) is 5.01 Å². The number of Topliss-reactive ketones (excluding diaryl/α,β-unsaturated/α-hetero) is 1. The monoisotopic (exact) mass is 181 g/mol. The zero-order chi connectivity index (χ0) is 8.39. The molecule has 0 radical (unpaired) electrons. The van der Waals surface area contributed by atoms with Crippen molar-refractivity contribution in [3.05, 3.63) is 16.6 Å². The number of hydrogen-bond donors (Lipinski definition) is 0.